The van der Waals surface area contributed by atoms with Gasteiger partial charge in [0.2, 0.25) is 0 Å². The summed E-state index contributed by atoms with van der Waals surface area (Å²) in [6.45, 7) is 6.15. The number of amides is 1. The number of hydrogen-bond donors (Lipinski definition) is 0. The highest BCUT2D eigenvalue weighted by Gasteiger charge is 2.30. The maximum Gasteiger partial charge on any atom is 0.307 e. The zero-order valence-corrected chi connectivity index (χ0v) is 17.1. The van der Waals surface area contributed by atoms with Gasteiger partial charge in [0, 0.05) is 12.6 Å². The molecule has 1 aliphatic rings. The Morgan fingerprint density at radius 3 is 2.52 bits per heavy atom. The highest BCUT2D eigenvalue weighted by atomic mass is 32.2. The Bertz CT molecular complexity index is 757. The van der Waals surface area contributed by atoms with E-state index in [2.05, 4.69) is 0 Å². The predicted molar refractivity (Wildman–Crippen MR) is 103 cm³/mol. The van der Waals surface area contributed by atoms with Crippen LogP contribution in [0.5, 0.6) is 0 Å². The van der Waals surface area contributed by atoms with Crippen LogP contribution in [0.15, 0.2) is 29.2 Å². The van der Waals surface area contributed by atoms with E-state index in [0.717, 1.165) is 31.2 Å². The minimum Gasteiger partial charge on any atom is -0.453 e. The van der Waals surface area contributed by atoms with E-state index >= 15 is 0 Å². The van der Waals surface area contributed by atoms with E-state index in [0.29, 0.717) is 6.54 Å². The molecule has 1 aromatic rings. The van der Waals surface area contributed by atoms with Gasteiger partial charge in [0.1, 0.15) is 0 Å². The first kappa shape index (κ1) is 21.4. The molecule has 7 heteroatoms. The number of esters is 1. The molecule has 0 aliphatic carbocycles. The van der Waals surface area contributed by atoms with Gasteiger partial charge in [-0.05, 0) is 51.7 Å². The molecule has 0 bridgehead atoms. The van der Waals surface area contributed by atoms with E-state index in [4.69, 9.17) is 4.74 Å². The minimum absolute atomic E-state index is 0.184. The largest absolute Gasteiger partial charge is 0.453 e. The molecule has 2 rings (SSSR count). The number of nitrogens with zero attached hydrogens (tertiary/aromatic N) is 1. The first-order valence-electron chi connectivity index (χ1n) is 9.54. The van der Waals surface area contributed by atoms with Crippen LogP contribution in [0.25, 0.3) is 0 Å². The quantitative estimate of drug-likeness (QED) is 0.663. The Morgan fingerprint density at radius 1 is 1.22 bits per heavy atom. The second-order valence-corrected chi connectivity index (χ2v) is 9.21. The lowest BCUT2D eigenvalue weighted by molar-refractivity contribution is -0.160. The molecule has 1 saturated heterocycles. The van der Waals surface area contributed by atoms with Crippen molar-refractivity contribution in [2.45, 2.75) is 69.9 Å². The van der Waals surface area contributed by atoms with Crippen LogP contribution in [-0.2, 0) is 24.2 Å². The normalized spacial score (nSPS) is 18.8. The van der Waals surface area contributed by atoms with Crippen molar-refractivity contribution in [3.05, 3.63) is 29.8 Å². The van der Waals surface area contributed by atoms with E-state index in [1.807, 2.05) is 13.8 Å². The smallest absolute Gasteiger partial charge is 0.307 e. The van der Waals surface area contributed by atoms with Crippen LogP contribution in [0.4, 0.5) is 0 Å². The molecule has 0 saturated carbocycles. The Kier molecular flexibility index (Phi) is 7.41. The summed E-state index contributed by atoms with van der Waals surface area (Å²) in [7, 11) is -3.56. The molecular formula is C20H29NO5S. The monoisotopic (exact) mass is 395 g/mol. The van der Waals surface area contributed by atoms with E-state index in [1.165, 1.54) is 12.1 Å². The molecule has 1 aliphatic heterocycles. The molecule has 6 nitrogen and oxygen atoms in total. The van der Waals surface area contributed by atoms with Crippen LogP contribution >= 0.6 is 0 Å². The van der Waals surface area contributed by atoms with Crippen molar-refractivity contribution in [3.8, 4) is 0 Å². The average molecular weight is 396 g/mol. The lowest BCUT2D eigenvalue weighted by Crippen LogP contribution is -2.48. The predicted octanol–water partition coefficient (Wildman–Crippen LogP) is 2.88. The van der Waals surface area contributed by atoms with Crippen LogP contribution in [0.1, 0.15) is 51.5 Å². The Morgan fingerprint density at radius 2 is 1.89 bits per heavy atom. The first-order chi connectivity index (χ1) is 12.7. The third kappa shape index (κ3) is 5.79. The van der Waals surface area contributed by atoms with Crippen molar-refractivity contribution in [3.63, 3.8) is 0 Å². The van der Waals surface area contributed by atoms with Gasteiger partial charge in [-0.25, -0.2) is 8.42 Å². The standard InChI is InChI=1S/C20H29NO5S/c1-4-17-7-5-6-13-21(17)20(23)16(3)26-19(22)12-14-27(24,25)18-10-8-15(2)9-11-18/h8-11,16-17H,4-7,12-14H2,1-3H3. The molecular weight excluding hydrogens is 366 g/mol. The number of carbonyl (C=O) groups excluding carboxylic acids is 2. The van der Waals surface area contributed by atoms with Crippen LogP contribution in [0.2, 0.25) is 0 Å². The topological polar surface area (TPSA) is 80.8 Å². The molecule has 0 spiro atoms. The highest BCUT2D eigenvalue weighted by Crippen LogP contribution is 2.21. The Balaban J connectivity index is 1.89. The molecule has 1 fully saturated rings. The van der Waals surface area contributed by atoms with E-state index in [9.17, 15) is 18.0 Å². The van der Waals surface area contributed by atoms with E-state index in [-0.39, 0.29) is 29.0 Å². The number of benzene rings is 1. The number of aryl methyl sites for hydroxylation is 1. The van der Waals surface area contributed by atoms with Gasteiger partial charge in [0.15, 0.2) is 15.9 Å². The number of hydrogen-bond acceptors (Lipinski definition) is 5. The summed E-state index contributed by atoms with van der Waals surface area (Å²) in [5.74, 6) is -1.20. The van der Waals surface area contributed by atoms with Gasteiger partial charge in [-0.1, -0.05) is 24.6 Å². The van der Waals surface area contributed by atoms with Gasteiger partial charge in [-0.2, -0.15) is 0 Å². The summed E-state index contributed by atoms with van der Waals surface area (Å²) in [5.41, 5.74) is 0.962. The Hall–Kier alpha value is -1.89. The van der Waals surface area contributed by atoms with Crippen LogP contribution in [-0.4, -0.2) is 49.6 Å². The number of piperidine rings is 1. The molecule has 2 unspecified atom stereocenters. The number of carbonyl (C=O) groups is 2. The summed E-state index contributed by atoms with van der Waals surface area (Å²) in [6.07, 6.45) is 2.74. The van der Waals surface area contributed by atoms with Crippen LogP contribution in [0.3, 0.4) is 0 Å². The number of ether oxygens (including phenoxy) is 1. The second kappa shape index (κ2) is 9.35. The number of sulfone groups is 1. The van der Waals surface area contributed by atoms with Crippen molar-refractivity contribution in [2.75, 3.05) is 12.3 Å². The fourth-order valence-electron chi connectivity index (χ4n) is 3.34. The van der Waals surface area contributed by atoms with E-state index < -0.39 is 21.9 Å². The third-order valence-electron chi connectivity index (χ3n) is 4.99. The average Bonchev–Trinajstić information content (AvgIpc) is 2.66. The zero-order valence-electron chi connectivity index (χ0n) is 16.3. The van der Waals surface area contributed by atoms with Crippen molar-refractivity contribution in [2.24, 2.45) is 0 Å². The molecule has 0 aromatic heterocycles. The molecule has 1 amide bonds. The Labute approximate surface area is 161 Å². The summed E-state index contributed by atoms with van der Waals surface area (Å²) < 4.78 is 29.8. The van der Waals surface area contributed by atoms with Crippen molar-refractivity contribution in [1.82, 2.24) is 4.90 Å². The molecule has 27 heavy (non-hydrogen) atoms. The molecule has 150 valence electrons. The summed E-state index contributed by atoms with van der Waals surface area (Å²) in [6, 6.07) is 6.69. The van der Waals surface area contributed by atoms with Crippen LogP contribution in [0, 0.1) is 6.92 Å². The fraction of sp³-hybridized carbons (Fsp3) is 0.600. The van der Waals surface area contributed by atoms with Crippen LogP contribution < -0.4 is 0 Å². The third-order valence-corrected chi connectivity index (χ3v) is 6.72. The summed E-state index contributed by atoms with van der Waals surface area (Å²) >= 11 is 0. The molecule has 0 N–H and O–H groups in total. The lowest BCUT2D eigenvalue weighted by Gasteiger charge is -2.36. The van der Waals surface area contributed by atoms with Crippen molar-refractivity contribution >= 4 is 21.7 Å². The summed E-state index contributed by atoms with van der Waals surface area (Å²) in [4.78, 5) is 26.6. The van der Waals surface area contributed by atoms with Crippen molar-refractivity contribution < 1.29 is 22.7 Å². The first-order valence-corrected chi connectivity index (χ1v) is 11.2. The summed E-state index contributed by atoms with van der Waals surface area (Å²) in [5, 5.41) is 0. The zero-order chi connectivity index (χ0) is 20.0. The molecule has 0 radical (unpaired) electrons. The molecule has 1 heterocycles. The van der Waals surface area contributed by atoms with Crippen molar-refractivity contribution in [1.29, 1.82) is 0 Å². The molecule has 2 atom stereocenters. The maximum atomic E-state index is 12.6. The van der Waals surface area contributed by atoms with Gasteiger partial charge < -0.3 is 9.64 Å². The van der Waals surface area contributed by atoms with Gasteiger partial charge in [0.05, 0.1) is 17.1 Å². The highest BCUT2D eigenvalue weighted by molar-refractivity contribution is 7.91. The lowest BCUT2D eigenvalue weighted by atomic mass is 9.99. The van der Waals surface area contributed by atoms with Gasteiger partial charge in [0.25, 0.3) is 5.91 Å². The van der Waals surface area contributed by atoms with Gasteiger partial charge in [-0.15, -0.1) is 0 Å². The maximum absolute atomic E-state index is 12.6. The van der Waals surface area contributed by atoms with Gasteiger partial charge >= 0.3 is 5.97 Å². The number of likely N-dealkylation sites (tertiary alicyclic amines) is 1. The minimum atomic E-state index is -3.56. The second-order valence-electron chi connectivity index (χ2n) is 7.10. The SMILES string of the molecule is CCC1CCCCN1C(=O)C(C)OC(=O)CCS(=O)(=O)c1ccc(C)cc1. The van der Waals surface area contributed by atoms with E-state index in [1.54, 1.807) is 24.0 Å². The number of rotatable bonds is 7. The molecule has 1 aromatic carbocycles. The van der Waals surface area contributed by atoms with Gasteiger partial charge in [-0.3, -0.25) is 9.59 Å². The fourth-order valence-corrected chi connectivity index (χ4v) is 4.56.